The molecule has 5 nitrogen and oxygen atoms in total. The van der Waals surface area contributed by atoms with E-state index in [1.54, 1.807) is 7.11 Å². The van der Waals surface area contributed by atoms with E-state index in [1.807, 2.05) is 45.9 Å². The Morgan fingerprint density at radius 3 is 2.52 bits per heavy atom. The van der Waals surface area contributed by atoms with Gasteiger partial charge < -0.3 is 20.1 Å². The van der Waals surface area contributed by atoms with Crippen LogP contribution in [0.25, 0.3) is 0 Å². The average molecular weight is 294 g/mol. The molecule has 0 radical (unpaired) electrons. The number of nitrogens with one attached hydrogen (secondary N) is 2. The summed E-state index contributed by atoms with van der Waals surface area (Å²) in [5.41, 5.74) is 1.04. The summed E-state index contributed by atoms with van der Waals surface area (Å²) in [6.45, 7) is 8.93. The summed E-state index contributed by atoms with van der Waals surface area (Å²) < 4.78 is 11.0. The molecule has 1 rings (SSSR count). The van der Waals surface area contributed by atoms with Gasteiger partial charge in [0.05, 0.1) is 19.3 Å². The van der Waals surface area contributed by atoms with E-state index in [0.29, 0.717) is 18.8 Å². The molecule has 0 saturated heterocycles. The molecule has 0 heterocycles. The van der Waals surface area contributed by atoms with E-state index in [4.69, 9.17) is 9.47 Å². The molecule has 0 aliphatic carbocycles. The Balaban J connectivity index is 2.66. The van der Waals surface area contributed by atoms with Crippen molar-refractivity contribution in [1.82, 2.24) is 10.6 Å². The molecule has 118 valence electrons. The first-order chi connectivity index (χ1) is 9.97. The molecular formula is C16H26N2O3. The molecule has 2 N–H and O–H groups in total. The Labute approximate surface area is 127 Å². The molecule has 0 aromatic heterocycles. The molecule has 0 fully saturated rings. The summed E-state index contributed by atoms with van der Waals surface area (Å²) in [5, 5.41) is 5.98. The van der Waals surface area contributed by atoms with Crippen LogP contribution in [0.15, 0.2) is 18.2 Å². The predicted octanol–water partition coefficient (Wildman–Crippen LogP) is 2.10. The summed E-state index contributed by atoms with van der Waals surface area (Å²) in [6.07, 6.45) is 0.0978. The van der Waals surface area contributed by atoms with Crippen molar-refractivity contribution in [2.24, 2.45) is 0 Å². The smallest absolute Gasteiger partial charge is 0.236 e. The second-order valence-electron chi connectivity index (χ2n) is 5.15. The Kier molecular flexibility index (Phi) is 7.02. The van der Waals surface area contributed by atoms with Gasteiger partial charge in [0.1, 0.15) is 0 Å². The molecule has 1 atom stereocenters. The van der Waals surface area contributed by atoms with Crippen molar-refractivity contribution in [3.05, 3.63) is 23.8 Å². The van der Waals surface area contributed by atoms with Crippen LogP contribution in [0.1, 0.15) is 33.3 Å². The number of ether oxygens (including phenoxy) is 2. The van der Waals surface area contributed by atoms with Crippen LogP contribution in [0.4, 0.5) is 0 Å². The van der Waals surface area contributed by atoms with Crippen LogP contribution >= 0.6 is 0 Å². The van der Waals surface area contributed by atoms with E-state index in [0.717, 1.165) is 11.3 Å². The zero-order valence-corrected chi connectivity index (χ0v) is 13.5. The number of amides is 1. The number of benzene rings is 1. The maximum Gasteiger partial charge on any atom is 0.236 e. The standard InChI is InChI=1S/C16H26N2O3/c1-6-17-16(19)12(4)18-10-13-7-8-14(21-11(2)3)15(9-13)20-5/h7-9,11-12,18H,6,10H2,1-5H3,(H,17,19). The average Bonchev–Trinajstić information content (AvgIpc) is 2.45. The lowest BCUT2D eigenvalue weighted by atomic mass is 10.2. The summed E-state index contributed by atoms with van der Waals surface area (Å²) in [6, 6.07) is 5.56. The molecule has 1 aromatic rings. The van der Waals surface area contributed by atoms with Gasteiger partial charge in [-0.15, -0.1) is 0 Å². The summed E-state index contributed by atoms with van der Waals surface area (Å²) in [5.74, 6) is 1.44. The van der Waals surface area contributed by atoms with E-state index in [1.165, 1.54) is 0 Å². The minimum absolute atomic E-state index is 0.00391. The van der Waals surface area contributed by atoms with Crippen LogP contribution in [0.5, 0.6) is 11.5 Å². The monoisotopic (exact) mass is 294 g/mol. The van der Waals surface area contributed by atoms with E-state index in [-0.39, 0.29) is 18.1 Å². The van der Waals surface area contributed by atoms with Gasteiger partial charge in [-0.25, -0.2) is 0 Å². The van der Waals surface area contributed by atoms with Crippen molar-refractivity contribution in [2.75, 3.05) is 13.7 Å². The SMILES string of the molecule is CCNC(=O)C(C)NCc1ccc(OC(C)C)c(OC)c1. The van der Waals surface area contributed by atoms with Crippen molar-refractivity contribution < 1.29 is 14.3 Å². The van der Waals surface area contributed by atoms with Crippen molar-refractivity contribution >= 4 is 5.91 Å². The molecule has 0 aliphatic heterocycles. The zero-order chi connectivity index (χ0) is 15.8. The Morgan fingerprint density at radius 1 is 1.24 bits per heavy atom. The topological polar surface area (TPSA) is 59.6 Å². The first-order valence-corrected chi connectivity index (χ1v) is 7.32. The van der Waals surface area contributed by atoms with Gasteiger partial charge in [-0.1, -0.05) is 6.07 Å². The van der Waals surface area contributed by atoms with Crippen LogP contribution in [0, 0.1) is 0 Å². The van der Waals surface area contributed by atoms with E-state index < -0.39 is 0 Å². The lowest BCUT2D eigenvalue weighted by Crippen LogP contribution is -2.41. The quantitative estimate of drug-likeness (QED) is 0.771. The molecule has 0 bridgehead atoms. The molecule has 21 heavy (non-hydrogen) atoms. The fourth-order valence-electron chi connectivity index (χ4n) is 1.86. The van der Waals surface area contributed by atoms with Crippen LogP contribution in [-0.2, 0) is 11.3 Å². The van der Waals surface area contributed by atoms with Gasteiger partial charge in [0.15, 0.2) is 11.5 Å². The molecule has 1 aromatic carbocycles. The van der Waals surface area contributed by atoms with Gasteiger partial charge in [-0.2, -0.15) is 0 Å². The number of methoxy groups -OCH3 is 1. The van der Waals surface area contributed by atoms with E-state index >= 15 is 0 Å². The highest BCUT2D eigenvalue weighted by molar-refractivity contribution is 5.81. The first kappa shape index (κ1) is 17.3. The third-order valence-electron chi connectivity index (χ3n) is 2.95. The van der Waals surface area contributed by atoms with Crippen LogP contribution < -0.4 is 20.1 Å². The second kappa shape index (κ2) is 8.52. The normalized spacial score (nSPS) is 12.1. The van der Waals surface area contributed by atoms with Gasteiger partial charge in [0.25, 0.3) is 0 Å². The zero-order valence-electron chi connectivity index (χ0n) is 13.5. The highest BCUT2D eigenvalue weighted by Gasteiger charge is 2.12. The summed E-state index contributed by atoms with van der Waals surface area (Å²) in [7, 11) is 1.62. The van der Waals surface area contributed by atoms with Crippen LogP contribution in [0.3, 0.4) is 0 Å². The van der Waals surface area contributed by atoms with E-state index in [9.17, 15) is 4.79 Å². The largest absolute Gasteiger partial charge is 0.493 e. The van der Waals surface area contributed by atoms with Crippen molar-refractivity contribution in [2.45, 2.75) is 46.4 Å². The Hall–Kier alpha value is -1.75. The molecule has 0 spiro atoms. The molecule has 5 heteroatoms. The van der Waals surface area contributed by atoms with Crippen LogP contribution in [0.2, 0.25) is 0 Å². The Bertz CT molecular complexity index is 461. The van der Waals surface area contributed by atoms with Crippen molar-refractivity contribution in [1.29, 1.82) is 0 Å². The number of rotatable bonds is 8. The maximum absolute atomic E-state index is 11.6. The van der Waals surface area contributed by atoms with Gasteiger partial charge in [0, 0.05) is 13.1 Å². The number of carbonyl (C=O) groups is 1. The summed E-state index contributed by atoms with van der Waals surface area (Å²) in [4.78, 5) is 11.6. The van der Waals surface area contributed by atoms with Crippen molar-refractivity contribution in [3.63, 3.8) is 0 Å². The molecule has 0 aliphatic rings. The first-order valence-electron chi connectivity index (χ1n) is 7.32. The van der Waals surface area contributed by atoms with Crippen LogP contribution in [-0.4, -0.2) is 31.7 Å². The number of hydrogen-bond donors (Lipinski definition) is 2. The Morgan fingerprint density at radius 2 is 1.95 bits per heavy atom. The minimum atomic E-state index is -0.234. The molecule has 1 amide bonds. The lowest BCUT2D eigenvalue weighted by molar-refractivity contribution is -0.122. The fraction of sp³-hybridized carbons (Fsp3) is 0.562. The number of hydrogen-bond acceptors (Lipinski definition) is 4. The number of carbonyl (C=O) groups excluding carboxylic acids is 1. The van der Waals surface area contributed by atoms with E-state index in [2.05, 4.69) is 10.6 Å². The predicted molar refractivity (Wildman–Crippen MR) is 83.7 cm³/mol. The highest BCUT2D eigenvalue weighted by atomic mass is 16.5. The summed E-state index contributed by atoms with van der Waals surface area (Å²) >= 11 is 0. The molecule has 0 saturated carbocycles. The second-order valence-corrected chi connectivity index (χ2v) is 5.15. The molecule has 1 unspecified atom stereocenters. The van der Waals surface area contributed by atoms with Gasteiger partial charge in [-0.05, 0) is 45.4 Å². The lowest BCUT2D eigenvalue weighted by Gasteiger charge is -2.16. The van der Waals surface area contributed by atoms with Gasteiger partial charge >= 0.3 is 0 Å². The minimum Gasteiger partial charge on any atom is -0.493 e. The highest BCUT2D eigenvalue weighted by Crippen LogP contribution is 2.28. The third kappa shape index (κ3) is 5.63. The third-order valence-corrected chi connectivity index (χ3v) is 2.95. The maximum atomic E-state index is 11.6. The number of likely N-dealkylation sites (N-methyl/N-ethyl adjacent to an activating group) is 1. The van der Waals surface area contributed by atoms with Gasteiger partial charge in [0.2, 0.25) is 5.91 Å². The molecular weight excluding hydrogens is 268 g/mol. The fourth-order valence-corrected chi connectivity index (χ4v) is 1.86. The van der Waals surface area contributed by atoms with Crippen molar-refractivity contribution in [3.8, 4) is 11.5 Å². The van der Waals surface area contributed by atoms with Gasteiger partial charge in [-0.3, -0.25) is 4.79 Å².